The fourth-order valence-electron chi connectivity index (χ4n) is 7.63. The third-order valence-corrected chi connectivity index (χ3v) is 9.82. The van der Waals surface area contributed by atoms with Crippen molar-refractivity contribution in [3.05, 3.63) is 183 Å². The van der Waals surface area contributed by atoms with Crippen molar-refractivity contribution in [2.24, 2.45) is 0 Å². The van der Waals surface area contributed by atoms with Crippen LogP contribution in [0.1, 0.15) is 0 Å². The molecule has 4 heteroatoms. The maximum absolute atomic E-state index is 4.66. The van der Waals surface area contributed by atoms with Crippen molar-refractivity contribution in [3.8, 4) is 0 Å². The first kappa shape index (κ1) is 28.3. The summed E-state index contributed by atoms with van der Waals surface area (Å²) in [4.78, 5) is 14.0. The van der Waals surface area contributed by atoms with Crippen LogP contribution in [-0.4, -0.2) is 9.97 Å². The van der Waals surface area contributed by atoms with E-state index in [0.717, 1.165) is 55.7 Å². The molecule has 0 atom stereocenters. The van der Waals surface area contributed by atoms with Crippen LogP contribution in [0.3, 0.4) is 0 Å². The van der Waals surface area contributed by atoms with Gasteiger partial charge in [-0.15, -0.1) is 0 Å². The summed E-state index contributed by atoms with van der Waals surface area (Å²) in [6.45, 7) is 0. The fraction of sp³-hybridized carbons (Fsp3) is 0. The van der Waals surface area contributed by atoms with Crippen LogP contribution in [0.5, 0.6) is 0 Å². The molecular weight excluding hydrogens is 609 g/mol. The molecule has 0 N–H and O–H groups in total. The van der Waals surface area contributed by atoms with Crippen LogP contribution in [0.4, 0.5) is 34.1 Å². The average molecular weight is 639 g/mol. The topological polar surface area (TPSA) is 32.3 Å². The van der Waals surface area contributed by atoms with Crippen molar-refractivity contribution >= 4 is 88.0 Å². The Hall–Kier alpha value is -6.78. The van der Waals surface area contributed by atoms with E-state index in [1.165, 1.54) is 32.3 Å². The molecule has 8 aromatic carbocycles. The lowest BCUT2D eigenvalue weighted by Gasteiger charge is -2.28. The number of pyridine rings is 2. The highest BCUT2D eigenvalue weighted by Crippen LogP contribution is 2.45. The highest BCUT2D eigenvalue weighted by molar-refractivity contribution is 6.25. The minimum Gasteiger partial charge on any atom is -0.308 e. The zero-order valence-electron chi connectivity index (χ0n) is 27.1. The first-order valence-corrected chi connectivity index (χ1v) is 16.9. The molecule has 0 radical (unpaired) electrons. The SMILES string of the molecule is c1ccc(N(c2cc3ccc4cc(N(c5ccccc5)c5cncc6ccccc56)cc5ccc(c2)c3c45)c2cncc3ccccc23)cc1. The summed E-state index contributed by atoms with van der Waals surface area (Å²) in [7, 11) is 0. The third-order valence-electron chi connectivity index (χ3n) is 9.82. The van der Waals surface area contributed by atoms with Gasteiger partial charge in [-0.25, -0.2) is 0 Å². The predicted molar refractivity (Wildman–Crippen MR) is 210 cm³/mol. The highest BCUT2D eigenvalue weighted by Gasteiger charge is 2.21. The number of hydrogen-bond acceptors (Lipinski definition) is 4. The van der Waals surface area contributed by atoms with Crippen LogP contribution in [0, 0.1) is 0 Å². The number of benzene rings is 8. The van der Waals surface area contributed by atoms with Crippen LogP contribution in [0.25, 0.3) is 53.9 Å². The van der Waals surface area contributed by atoms with Gasteiger partial charge in [0.25, 0.3) is 0 Å². The monoisotopic (exact) mass is 638 g/mol. The van der Waals surface area contributed by atoms with E-state index in [2.05, 4.69) is 177 Å². The normalized spacial score (nSPS) is 11.6. The second kappa shape index (κ2) is 11.4. The molecule has 234 valence electrons. The Morgan fingerprint density at radius 3 is 1.06 bits per heavy atom. The second-order valence-corrected chi connectivity index (χ2v) is 12.8. The molecule has 2 aromatic heterocycles. The van der Waals surface area contributed by atoms with Gasteiger partial charge in [0.2, 0.25) is 0 Å². The summed E-state index contributed by atoms with van der Waals surface area (Å²) in [5.74, 6) is 0. The number of fused-ring (bicyclic) bond motifs is 2. The molecule has 0 saturated carbocycles. The van der Waals surface area contributed by atoms with Gasteiger partial charge in [-0.1, -0.05) is 109 Å². The third kappa shape index (κ3) is 4.54. The van der Waals surface area contributed by atoms with E-state index < -0.39 is 0 Å². The number of nitrogens with zero attached hydrogens (tertiary/aromatic N) is 4. The van der Waals surface area contributed by atoms with E-state index >= 15 is 0 Å². The highest BCUT2D eigenvalue weighted by atomic mass is 15.2. The van der Waals surface area contributed by atoms with Gasteiger partial charge in [0.05, 0.1) is 23.8 Å². The summed E-state index contributed by atoms with van der Waals surface area (Å²) in [6, 6.07) is 56.5. The number of anilines is 6. The lowest BCUT2D eigenvalue weighted by Crippen LogP contribution is -2.11. The van der Waals surface area contributed by atoms with E-state index in [1.807, 2.05) is 24.8 Å². The molecule has 0 spiro atoms. The molecule has 4 nitrogen and oxygen atoms in total. The van der Waals surface area contributed by atoms with E-state index in [1.54, 1.807) is 0 Å². The molecule has 0 saturated heterocycles. The molecule has 0 bridgehead atoms. The second-order valence-electron chi connectivity index (χ2n) is 12.8. The van der Waals surface area contributed by atoms with Gasteiger partial charge in [-0.3, -0.25) is 9.97 Å². The maximum atomic E-state index is 4.66. The Balaban J connectivity index is 1.18. The van der Waals surface area contributed by atoms with E-state index in [9.17, 15) is 0 Å². The molecular formula is C46H30N4. The first-order valence-electron chi connectivity index (χ1n) is 16.9. The van der Waals surface area contributed by atoms with Crippen LogP contribution in [-0.2, 0) is 0 Å². The smallest absolute Gasteiger partial charge is 0.0723 e. The summed E-state index contributed by atoms with van der Waals surface area (Å²) in [6.07, 6.45) is 7.83. The zero-order chi connectivity index (χ0) is 33.0. The van der Waals surface area contributed by atoms with E-state index in [-0.39, 0.29) is 0 Å². The quantitative estimate of drug-likeness (QED) is 0.170. The predicted octanol–water partition coefficient (Wildman–Crippen LogP) is 12.6. The van der Waals surface area contributed by atoms with Gasteiger partial charge in [-0.05, 0) is 80.8 Å². The van der Waals surface area contributed by atoms with Crippen molar-refractivity contribution in [1.82, 2.24) is 9.97 Å². The van der Waals surface area contributed by atoms with Gasteiger partial charge in [0, 0.05) is 56.7 Å². The van der Waals surface area contributed by atoms with Gasteiger partial charge < -0.3 is 9.80 Å². The molecule has 10 aromatic rings. The molecule has 50 heavy (non-hydrogen) atoms. The van der Waals surface area contributed by atoms with Crippen molar-refractivity contribution in [1.29, 1.82) is 0 Å². The average Bonchev–Trinajstić information content (AvgIpc) is 3.18. The van der Waals surface area contributed by atoms with Crippen molar-refractivity contribution in [2.45, 2.75) is 0 Å². The maximum Gasteiger partial charge on any atom is 0.0723 e. The van der Waals surface area contributed by atoms with Gasteiger partial charge in [0.15, 0.2) is 0 Å². The Kier molecular flexibility index (Phi) is 6.46. The number of para-hydroxylation sites is 2. The number of rotatable bonds is 6. The van der Waals surface area contributed by atoms with Crippen LogP contribution in [0.2, 0.25) is 0 Å². The number of aromatic nitrogens is 2. The van der Waals surface area contributed by atoms with Crippen molar-refractivity contribution in [3.63, 3.8) is 0 Å². The van der Waals surface area contributed by atoms with Crippen LogP contribution in [0.15, 0.2) is 183 Å². The standard InChI is InChI=1S/C46H30N4/c1-3-13-37(14-4-1)49(43-29-47-27-35-11-7-9-17-41(35)43)39-23-31-19-21-33-25-40(26-34-22-20-32(24-39)45(31)46(33)34)50(38-15-5-2-6-16-38)44-30-48-28-36-12-8-10-18-42(36)44/h1-30H. The molecule has 2 heterocycles. The molecule has 0 fully saturated rings. The van der Waals surface area contributed by atoms with E-state index in [4.69, 9.17) is 0 Å². The Bertz CT molecular complexity index is 2560. The van der Waals surface area contributed by atoms with Gasteiger partial charge in [-0.2, -0.15) is 0 Å². The number of hydrogen-bond donors (Lipinski definition) is 0. The Labute approximate surface area is 289 Å². The molecule has 0 unspecified atom stereocenters. The first-order chi connectivity index (χ1) is 24.8. The summed E-state index contributed by atoms with van der Waals surface area (Å²) in [5.41, 5.74) is 6.48. The largest absolute Gasteiger partial charge is 0.308 e. The molecule has 0 aliphatic heterocycles. The minimum atomic E-state index is 1.05. The fourth-order valence-corrected chi connectivity index (χ4v) is 7.63. The lowest BCUT2D eigenvalue weighted by molar-refractivity contribution is 1.26. The van der Waals surface area contributed by atoms with Crippen LogP contribution >= 0.6 is 0 Å². The summed E-state index contributed by atoms with van der Waals surface area (Å²) in [5, 5.41) is 11.9. The molecule has 0 aliphatic carbocycles. The van der Waals surface area contributed by atoms with Gasteiger partial charge >= 0.3 is 0 Å². The Morgan fingerprint density at radius 2 is 0.660 bits per heavy atom. The Morgan fingerprint density at radius 1 is 0.300 bits per heavy atom. The molecule has 0 amide bonds. The lowest BCUT2D eigenvalue weighted by atomic mass is 9.92. The van der Waals surface area contributed by atoms with Crippen molar-refractivity contribution < 1.29 is 0 Å². The van der Waals surface area contributed by atoms with E-state index in [0.29, 0.717) is 0 Å². The summed E-state index contributed by atoms with van der Waals surface area (Å²) < 4.78 is 0. The van der Waals surface area contributed by atoms with Crippen LogP contribution < -0.4 is 9.80 Å². The minimum absolute atomic E-state index is 1.05. The molecule has 10 rings (SSSR count). The van der Waals surface area contributed by atoms with Crippen molar-refractivity contribution in [2.75, 3.05) is 9.80 Å². The molecule has 0 aliphatic rings. The zero-order valence-corrected chi connectivity index (χ0v) is 27.1. The van der Waals surface area contributed by atoms with Gasteiger partial charge in [0.1, 0.15) is 0 Å². The summed E-state index contributed by atoms with van der Waals surface area (Å²) >= 11 is 0.